The topological polar surface area (TPSA) is 21.3 Å². The van der Waals surface area contributed by atoms with Gasteiger partial charge in [-0.15, -0.1) is 0 Å². The van der Waals surface area contributed by atoms with E-state index in [0.717, 1.165) is 12.8 Å². The maximum atomic E-state index is 12.0. The number of hydrogen-bond donors (Lipinski definition) is 1. The summed E-state index contributed by atoms with van der Waals surface area (Å²) in [5.41, 5.74) is 2.73. The van der Waals surface area contributed by atoms with Crippen molar-refractivity contribution in [2.24, 2.45) is 0 Å². The number of halogens is 3. The van der Waals surface area contributed by atoms with Crippen LogP contribution in [0.1, 0.15) is 43.9 Å². The van der Waals surface area contributed by atoms with Crippen LogP contribution in [0.5, 0.6) is 0 Å². The Hall–Kier alpha value is -1.07. The molecule has 118 valence electrons. The smallest absolute Gasteiger partial charge is 0.371 e. The molecule has 0 spiro atoms. The molecule has 2 rings (SSSR count). The largest absolute Gasteiger partial charge is 0.411 e. The fraction of sp³-hybridized carbons (Fsp3) is 0.625. The molecule has 1 N–H and O–H groups in total. The fourth-order valence-electron chi connectivity index (χ4n) is 2.92. The number of rotatable bonds is 5. The zero-order chi connectivity index (χ0) is 15.5. The van der Waals surface area contributed by atoms with Gasteiger partial charge in [0.1, 0.15) is 6.61 Å². The van der Waals surface area contributed by atoms with Crippen molar-refractivity contribution in [2.75, 3.05) is 19.8 Å². The van der Waals surface area contributed by atoms with Crippen LogP contribution in [0.15, 0.2) is 24.3 Å². The normalized spacial score (nSPS) is 21.1. The van der Waals surface area contributed by atoms with E-state index >= 15 is 0 Å². The lowest BCUT2D eigenvalue weighted by Crippen LogP contribution is -2.34. The number of benzene rings is 1. The predicted octanol–water partition coefficient (Wildman–Crippen LogP) is 3.97. The highest BCUT2D eigenvalue weighted by molar-refractivity contribution is 5.38. The molecule has 1 aromatic carbocycles. The van der Waals surface area contributed by atoms with Crippen LogP contribution >= 0.6 is 0 Å². The third kappa shape index (κ3) is 4.45. The molecule has 1 aromatic rings. The molecule has 1 atom stereocenters. The first-order valence-corrected chi connectivity index (χ1v) is 7.27. The minimum atomic E-state index is -4.25. The third-order valence-corrected chi connectivity index (χ3v) is 4.03. The summed E-state index contributed by atoms with van der Waals surface area (Å²) < 4.78 is 40.6. The summed E-state index contributed by atoms with van der Waals surface area (Å²) in [7, 11) is 0. The van der Waals surface area contributed by atoms with Gasteiger partial charge < -0.3 is 10.1 Å². The van der Waals surface area contributed by atoms with Crippen LogP contribution in [-0.2, 0) is 10.2 Å². The van der Waals surface area contributed by atoms with E-state index in [2.05, 4.69) is 36.0 Å². The average molecular weight is 301 g/mol. The minimum absolute atomic E-state index is 0.0710. The standard InChI is InChI=1S/C16H22F3NO/c1-15(2)8-7-14(12-5-3-4-6-13(12)15)20-9-10-21-11-16(17,18)19/h3-6,14,20H,7-11H2,1-2H3. The van der Waals surface area contributed by atoms with Crippen molar-refractivity contribution in [1.29, 1.82) is 0 Å². The zero-order valence-electron chi connectivity index (χ0n) is 12.5. The van der Waals surface area contributed by atoms with E-state index in [9.17, 15) is 13.2 Å². The summed E-state index contributed by atoms with van der Waals surface area (Å²) in [5, 5.41) is 3.31. The molecule has 0 heterocycles. The van der Waals surface area contributed by atoms with Gasteiger partial charge in [-0.25, -0.2) is 0 Å². The van der Waals surface area contributed by atoms with Gasteiger partial charge in [0.05, 0.1) is 6.61 Å². The minimum Gasteiger partial charge on any atom is -0.371 e. The van der Waals surface area contributed by atoms with Crippen LogP contribution in [0.2, 0.25) is 0 Å². The maximum absolute atomic E-state index is 12.0. The lowest BCUT2D eigenvalue weighted by molar-refractivity contribution is -0.173. The quantitative estimate of drug-likeness (QED) is 0.831. The van der Waals surface area contributed by atoms with Gasteiger partial charge in [-0.1, -0.05) is 38.1 Å². The molecule has 0 amide bonds. The van der Waals surface area contributed by atoms with Crippen molar-refractivity contribution < 1.29 is 17.9 Å². The summed E-state index contributed by atoms with van der Waals surface area (Å²) in [6, 6.07) is 8.49. The van der Waals surface area contributed by atoms with E-state index in [1.807, 2.05) is 12.1 Å². The zero-order valence-corrected chi connectivity index (χ0v) is 12.5. The fourth-order valence-corrected chi connectivity index (χ4v) is 2.92. The Bertz CT molecular complexity index is 471. The van der Waals surface area contributed by atoms with Crippen LogP contribution in [0, 0.1) is 0 Å². The van der Waals surface area contributed by atoms with E-state index in [1.54, 1.807) is 0 Å². The molecular weight excluding hydrogens is 279 g/mol. The Kier molecular flexibility index (Phi) is 4.94. The molecule has 5 heteroatoms. The van der Waals surface area contributed by atoms with Gasteiger partial charge in [-0.05, 0) is 29.4 Å². The van der Waals surface area contributed by atoms with E-state index in [0.29, 0.717) is 6.54 Å². The molecule has 1 unspecified atom stereocenters. The molecular formula is C16H22F3NO. The second kappa shape index (κ2) is 6.36. The maximum Gasteiger partial charge on any atom is 0.411 e. The molecule has 0 bridgehead atoms. The Balaban J connectivity index is 1.88. The first-order valence-electron chi connectivity index (χ1n) is 7.27. The SMILES string of the molecule is CC1(C)CCC(NCCOCC(F)(F)F)c2ccccc21. The Labute approximate surface area is 123 Å². The molecule has 21 heavy (non-hydrogen) atoms. The molecule has 0 radical (unpaired) electrons. The van der Waals surface area contributed by atoms with Crippen LogP contribution < -0.4 is 5.32 Å². The van der Waals surface area contributed by atoms with Crippen LogP contribution in [0.3, 0.4) is 0 Å². The van der Waals surface area contributed by atoms with Crippen molar-refractivity contribution in [3.8, 4) is 0 Å². The summed E-state index contributed by atoms with van der Waals surface area (Å²) in [4.78, 5) is 0. The summed E-state index contributed by atoms with van der Waals surface area (Å²) in [6.45, 7) is 3.78. The Morgan fingerprint density at radius 2 is 2.00 bits per heavy atom. The van der Waals surface area contributed by atoms with E-state index < -0.39 is 12.8 Å². The summed E-state index contributed by atoms with van der Waals surface area (Å²) in [6.07, 6.45) is -2.20. The highest BCUT2D eigenvalue weighted by Crippen LogP contribution is 2.41. The van der Waals surface area contributed by atoms with Crippen molar-refractivity contribution in [2.45, 2.75) is 44.3 Å². The lowest BCUT2D eigenvalue weighted by atomic mass is 9.71. The Morgan fingerprint density at radius 1 is 1.29 bits per heavy atom. The summed E-state index contributed by atoms with van der Waals surface area (Å²) >= 11 is 0. The molecule has 0 fully saturated rings. The molecule has 0 saturated carbocycles. The van der Waals surface area contributed by atoms with E-state index in [4.69, 9.17) is 0 Å². The van der Waals surface area contributed by atoms with Gasteiger partial charge in [-0.2, -0.15) is 13.2 Å². The first kappa shape index (κ1) is 16.3. The number of alkyl halides is 3. The van der Waals surface area contributed by atoms with Crippen molar-refractivity contribution in [1.82, 2.24) is 5.32 Å². The third-order valence-electron chi connectivity index (χ3n) is 4.03. The second-order valence-corrected chi connectivity index (χ2v) is 6.18. The molecule has 1 aliphatic carbocycles. The highest BCUT2D eigenvalue weighted by atomic mass is 19.4. The molecule has 2 nitrogen and oxygen atoms in total. The number of fused-ring (bicyclic) bond motifs is 1. The van der Waals surface area contributed by atoms with Crippen LogP contribution in [0.4, 0.5) is 13.2 Å². The van der Waals surface area contributed by atoms with Gasteiger partial charge in [-0.3, -0.25) is 0 Å². The average Bonchev–Trinajstić information content (AvgIpc) is 2.40. The number of ether oxygens (including phenoxy) is 1. The number of nitrogens with one attached hydrogen (secondary N) is 1. The van der Waals surface area contributed by atoms with Gasteiger partial charge in [0, 0.05) is 12.6 Å². The van der Waals surface area contributed by atoms with Crippen molar-refractivity contribution in [3.63, 3.8) is 0 Å². The van der Waals surface area contributed by atoms with Gasteiger partial charge in [0.15, 0.2) is 0 Å². The van der Waals surface area contributed by atoms with Gasteiger partial charge in [0.2, 0.25) is 0 Å². The monoisotopic (exact) mass is 301 g/mol. The predicted molar refractivity (Wildman–Crippen MR) is 76.3 cm³/mol. The highest BCUT2D eigenvalue weighted by Gasteiger charge is 2.32. The molecule has 0 aliphatic heterocycles. The van der Waals surface area contributed by atoms with Crippen LogP contribution in [-0.4, -0.2) is 25.9 Å². The van der Waals surface area contributed by atoms with E-state index in [1.165, 1.54) is 11.1 Å². The van der Waals surface area contributed by atoms with Gasteiger partial charge in [0.25, 0.3) is 0 Å². The molecule has 0 saturated heterocycles. The van der Waals surface area contributed by atoms with E-state index in [-0.39, 0.29) is 18.1 Å². The lowest BCUT2D eigenvalue weighted by Gasteiger charge is -2.37. The van der Waals surface area contributed by atoms with Gasteiger partial charge >= 0.3 is 6.18 Å². The summed E-state index contributed by atoms with van der Waals surface area (Å²) in [5.74, 6) is 0. The Morgan fingerprint density at radius 3 is 2.71 bits per heavy atom. The number of hydrogen-bond acceptors (Lipinski definition) is 2. The molecule has 0 aromatic heterocycles. The van der Waals surface area contributed by atoms with Crippen molar-refractivity contribution in [3.05, 3.63) is 35.4 Å². The first-order chi connectivity index (χ1) is 9.80. The second-order valence-electron chi connectivity index (χ2n) is 6.18. The van der Waals surface area contributed by atoms with Crippen LogP contribution in [0.25, 0.3) is 0 Å². The molecule has 1 aliphatic rings. The van der Waals surface area contributed by atoms with Crippen molar-refractivity contribution >= 4 is 0 Å².